The van der Waals surface area contributed by atoms with Gasteiger partial charge in [-0.05, 0) is 45.7 Å². The fourth-order valence-electron chi connectivity index (χ4n) is 3.26. The fraction of sp³-hybridized carbons (Fsp3) is 0.261. The minimum Gasteiger partial charge on any atom is -0.264 e. The van der Waals surface area contributed by atoms with Crippen LogP contribution >= 0.6 is 0 Å². The molecule has 0 bridgehead atoms. The lowest BCUT2D eigenvalue weighted by Crippen LogP contribution is -1.99. The summed E-state index contributed by atoms with van der Waals surface area (Å²) in [6.45, 7) is 9.07. The smallest absolute Gasteiger partial charge is 0.0352 e. The van der Waals surface area contributed by atoms with E-state index in [0.717, 1.165) is 0 Å². The molecule has 0 radical (unpaired) electrons. The third-order valence-corrected chi connectivity index (χ3v) is 4.55. The van der Waals surface area contributed by atoms with Crippen molar-refractivity contribution in [2.75, 3.05) is 0 Å². The molecule has 0 saturated carbocycles. The number of hydrogen-bond acceptors (Lipinski definition) is 1. The SMILES string of the molecule is CC(C)c1ccc(-c2cnccc2-c2ccccc2)cc1C(C)C. The van der Waals surface area contributed by atoms with Crippen LogP contribution in [-0.2, 0) is 0 Å². The molecule has 0 aliphatic carbocycles. The third kappa shape index (κ3) is 3.26. The molecule has 0 saturated heterocycles. The number of rotatable bonds is 4. The predicted octanol–water partition coefficient (Wildman–Crippen LogP) is 6.66. The molecule has 1 heterocycles. The highest BCUT2D eigenvalue weighted by Gasteiger charge is 2.13. The molecule has 0 aliphatic rings. The Morgan fingerprint density at radius 3 is 2.04 bits per heavy atom. The van der Waals surface area contributed by atoms with Crippen molar-refractivity contribution in [3.63, 3.8) is 0 Å². The molecule has 0 atom stereocenters. The van der Waals surface area contributed by atoms with E-state index in [4.69, 9.17) is 0 Å². The second-order valence-electron chi connectivity index (χ2n) is 6.94. The monoisotopic (exact) mass is 315 g/mol. The minimum atomic E-state index is 0.513. The van der Waals surface area contributed by atoms with Gasteiger partial charge in [0.15, 0.2) is 0 Å². The molecule has 2 aromatic carbocycles. The van der Waals surface area contributed by atoms with Gasteiger partial charge in [0.1, 0.15) is 0 Å². The molecule has 0 amide bonds. The third-order valence-electron chi connectivity index (χ3n) is 4.55. The van der Waals surface area contributed by atoms with E-state index < -0.39 is 0 Å². The number of benzene rings is 2. The molecule has 0 aliphatic heterocycles. The normalized spacial score (nSPS) is 11.2. The van der Waals surface area contributed by atoms with Gasteiger partial charge in [-0.25, -0.2) is 0 Å². The average Bonchev–Trinajstić information content (AvgIpc) is 2.62. The highest BCUT2D eigenvalue weighted by Crippen LogP contribution is 2.35. The van der Waals surface area contributed by atoms with Crippen molar-refractivity contribution >= 4 is 0 Å². The van der Waals surface area contributed by atoms with Crippen LogP contribution in [-0.4, -0.2) is 4.98 Å². The maximum atomic E-state index is 4.38. The summed E-state index contributed by atoms with van der Waals surface area (Å²) in [7, 11) is 0. The van der Waals surface area contributed by atoms with E-state index >= 15 is 0 Å². The van der Waals surface area contributed by atoms with Gasteiger partial charge >= 0.3 is 0 Å². The molecule has 0 spiro atoms. The summed E-state index contributed by atoms with van der Waals surface area (Å²) in [5, 5.41) is 0. The zero-order chi connectivity index (χ0) is 17.1. The van der Waals surface area contributed by atoms with Gasteiger partial charge in [0.05, 0.1) is 0 Å². The Balaban J connectivity index is 2.16. The van der Waals surface area contributed by atoms with Crippen molar-refractivity contribution in [3.05, 3.63) is 78.1 Å². The highest BCUT2D eigenvalue weighted by atomic mass is 14.6. The Bertz CT molecular complexity index is 816. The standard InChI is InChI=1S/C23H25N/c1-16(2)20-11-10-19(14-22(20)17(3)4)23-15-24-13-12-21(23)18-8-6-5-7-9-18/h5-17H,1-4H3. The Hall–Kier alpha value is -2.41. The Labute approximate surface area is 145 Å². The van der Waals surface area contributed by atoms with Gasteiger partial charge in [0, 0.05) is 18.0 Å². The van der Waals surface area contributed by atoms with Crippen LogP contribution in [0.3, 0.4) is 0 Å². The van der Waals surface area contributed by atoms with Gasteiger partial charge in [-0.2, -0.15) is 0 Å². The van der Waals surface area contributed by atoms with E-state index in [1.165, 1.54) is 33.4 Å². The van der Waals surface area contributed by atoms with Crippen molar-refractivity contribution in [1.29, 1.82) is 0 Å². The first-order valence-electron chi connectivity index (χ1n) is 8.71. The second kappa shape index (κ2) is 7.00. The van der Waals surface area contributed by atoms with E-state index in [-0.39, 0.29) is 0 Å². The molecule has 3 aromatic rings. The molecule has 122 valence electrons. The lowest BCUT2D eigenvalue weighted by atomic mass is 9.87. The summed E-state index contributed by atoms with van der Waals surface area (Å²) in [5.74, 6) is 1.05. The van der Waals surface area contributed by atoms with Crippen LogP contribution in [0.1, 0.15) is 50.7 Å². The van der Waals surface area contributed by atoms with Gasteiger partial charge < -0.3 is 0 Å². The zero-order valence-corrected chi connectivity index (χ0v) is 15.0. The molecule has 0 N–H and O–H groups in total. The summed E-state index contributed by atoms with van der Waals surface area (Å²) in [5.41, 5.74) is 7.78. The van der Waals surface area contributed by atoms with E-state index in [1.54, 1.807) is 0 Å². The lowest BCUT2D eigenvalue weighted by Gasteiger charge is -2.18. The van der Waals surface area contributed by atoms with E-state index in [2.05, 4.69) is 87.3 Å². The zero-order valence-electron chi connectivity index (χ0n) is 15.0. The number of hydrogen-bond donors (Lipinski definition) is 0. The summed E-state index contributed by atoms with van der Waals surface area (Å²) >= 11 is 0. The van der Waals surface area contributed by atoms with E-state index in [1.807, 2.05) is 12.4 Å². The fourth-order valence-corrected chi connectivity index (χ4v) is 3.26. The van der Waals surface area contributed by atoms with Crippen LogP contribution in [0.15, 0.2) is 67.0 Å². The number of nitrogens with zero attached hydrogens (tertiary/aromatic N) is 1. The lowest BCUT2D eigenvalue weighted by molar-refractivity contribution is 0.791. The Kier molecular flexibility index (Phi) is 4.80. The Morgan fingerprint density at radius 1 is 0.667 bits per heavy atom. The van der Waals surface area contributed by atoms with Gasteiger partial charge in [0.25, 0.3) is 0 Å². The molecule has 1 heteroatoms. The summed E-state index contributed by atoms with van der Waals surface area (Å²) in [6, 6.07) is 19.5. The summed E-state index contributed by atoms with van der Waals surface area (Å²) < 4.78 is 0. The van der Waals surface area contributed by atoms with Crippen molar-refractivity contribution < 1.29 is 0 Å². The van der Waals surface area contributed by atoms with Crippen LogP contribution in [0.2, 0.25) is 0 Å². The number of pyridine rings is 1. The largest absolute Gasteiger partial charge is 0.264 e. The van der Waals surface area contributed by atoms with Crippen molar-refractivity contribution in [2.45, 2.75) is 39.5 Å². The maximum Gasteiger partial charge on any atom is 0.0352 e. The minimum absolute atomic E-state index is 0.513. The highest BCUT2D eigenvalue weighted by molar-refractivity contribution is 5.83. The Morgan fingerprint density at radius 2 is 1.38 bits per heavy atom. The molecule has 24 heavy (non-hydrogen) atoms. The van der Waals surface area contributed by atoms with Crippen LogP contribution in [0.25, 0.3) is 22.3 Å². The molecular formula is C23H25N. The van der Waals surface area contributed by atoms with Gasteiger partial charge in [-0.15, -0.1) is 0 Å². The molecule has 3 rings (SSSR count). The van der Waals surface area contributed by atoms with Crippen molar-refractivity contribution in [2.24, 2.45) is 0 Å². The summed E-state index contributed by atoms with van der Waals surface area (Å²) in [6.07, 6.45) is 3.86. The van der Waals surface area contributed by atoms with Gasteiger partial charge in [-0.3, -0.25) is 4.98 Å². The molecule has 1 nitrogen and oxygen atoms in total. The second-order valence-corrected chi connectivity index (χ2v) is 6.94. The first-order valence-corrected chi connectivity index (χ1v) is 8.71. The maximum absolute atomic E-state index is 4.38. The quantitative estimate of drug-likeness (QED) is 0.524. The number of aromatic nitrogens is 1. The first-order chi connectivity index (χ1) is 11.6. The molecule has 0 unspecified atom stereocenters. The predicted molar refractivity (Wildman–Crippen MR) is 103 cm³/mol. The molecule has 1 aromatic heterocycles. The van der Waals surface area contributed by atoms with Crippen LogP contribution in [0.4, 0.5) is 0 Å². The first kappa shape index (κ1) is 16.4. The molecule has 0 fully saturated rings. The van der Waals surface area contributed by atoms with E-state index in [9.17, 15) is 0 Å². The summed E-state index contributed by atoms with van der Waals surface area (Å²) in [4.78, 5) is 4.38. The van der Waals surface area contributed by atoms with Gasteiger partial charge in [-0.1, -0.05) is 76.2 Å². The van der Waals surface area contributed by atoms with Crippen LogP contribution < -0.4 is 0 Å². The topological polar surface area (TPSA) is 12.9 Å². The van der Waals surface area contributed by atoms with Crippen molar-refractivity contribution in [1.82, 2.24) is 4.98 Å². The molecular weight excluding hydrogens is 290 g/mol. The van der Waals surface area contributed by atoms with Crippen LogP contribution in [0, 0.1) is 0 Å². The van der Waals surface area contributed by atoms with Crippen LogP contribution in [0.5, 0.6) is 0 Å². The van der Waals surface area contributed by atoms with E-state index in [0.29, 0.717) is 11.8 Å². The van der Waals surface area contributed by atoms with Crippen molar-refractivity contribution in [3.8, 4) is 22.3 Å². The average molecular weight is 315 g/mol. The van der Waals surface area contributed by atoms with Gasteiger partial charge in [0.2, 0.25) is 0 Å².